The Bertz CT molecular complexity index is 683. The summed E-state index contributed by atoms with van der Waals surface area (Å²) in [6.07, 6.45) is 2.55. The van der Waals surface area contributed by atoms with Crippen LogP contribution in [-0.2, 0) is 22.6 Å². The lowest BCUT2D eigenvalue weighted by atomic mass is 10.0. The Labute approximate surface area is 146 Å². The van der Waals surface area contributed by atoms with Crippen LogP contribution >= 0.6 is 11.3 Å². The quantitative estimate of drug-likeness (QED) is 0.830. The van der Waals surface area contributed by atoms with Crippen molar-refractivity contribution >= 4 is 11.3 Å². The fraction of sp³-hybridized carbons (Fsp3) is 0.611. The van der Waals surface area contributed by atoms with E-state index in [1.165, 1.54) is 6.42 Å². The van der Waals surface area contributed by atoms with Crippen LogP contribution in [0, 0.1) is 13.8 Å². The Kier molecular flexibility index (Phi) is 4.72. The predicted molar refractivity (Wildman–Crippen MR) is 92.0 cm³/mol. The molecule has 0 aliphatic carbocycles. The van der Waals surface area contributed by atoms with Crippen molar-refractivity contribution in [3.63, 3.8) is 0 Å². The first-order chi connectivity index (χ1) is 11.7. The van der Waals surface area contributed by atoms with Crippen LogP contribution in [0.3, 0.4) is 0 Å². The highest BCUT2D eigenvalue weighted by atomic mass is 32.1. The van der Waals surface area contributed by atoms with Crippen molar-refractivity contribution in [2.75, 3.05) is 13.2 Å². The average Bonchev–Trinajstić information content (AvgIpc) is 3.26. The first kappa shape index (κ1) is 16.3. The topological polar surface area (TPSA) is 47.7 Å². The number of rotatable bonds is 5. The summed E-state index contributed by atoms with van der Waals surface area (Å²) < 4.78 is 18.0. The Morgan fingerprint density at radius 2 is 2.29 bits per heavy atom. The van der Waals surface area contributed by atoms with Gasteiger partial charge in [0, 0.05) is 24.6 Å². The number of hydrogen-bond acceptors (Lipinski definition) is 6. The molecule has 0 amide bonds. The molecule has 130 valence electrons. The molecule has 2 aromatic rings. The molecule has 2 aliphatic heterocycles. The number of hydrogen-bond donors (Lipinski definition) is 0. The van der Waals surface area contributed by atoms with Gasteiger partial charge < -0.3 is 13.9 Å². The molecule has 2 aromatic heterocycles. The smallest absolute Gasteiger partial charge is 0.118 e. The fourth-order valence-electron chi connectivity index (χ4n) is 3.77. The van der Waals surface area contributed by atoms with Crippen LogP contribution in [0.15, 0.2) is 21.9 Å². The molecule has 2 saturated heterocycles. The van der Waals surface area contributed by atoms with Gasteiger partial charge in [0.1, 0.15) is 17.6 Å². The molecular formula is C18H24N2O3S. The van der Waals surface area contributed by atoms with Gasteiger partial charge >= 0.3 is 0 Å². The average molecular weight is 348 g/mol. The van der Waals surface area contributed by atoms with Gasteiger partial charge in [-0.2, -0.15) is 0 Å². The third-order valence-corrected chi connectivity index (χ3v) is 5.67. The van der Waals surface area contributed by atoms with Crippen molar-refractivity contribution in [3.8, 4) is 0 Å². The van der Waals surface area contributed by atoms with E-state index in [4.69, 9.17) is 13.9 Å². The van der Waals surface area contributed by atoms with Crippen LogP contribution < -0.4 is 0 Å². The SMILES string of the molecule is Cc1ccc(CN2C[C@@H](OCc3csc(C)n3)[C@H]3OCCC[C@H]32)o1. The van der Waals surface area contributed by atoms with Crippen molar-refractivity contribution in [2.45, 2.75) is 58.1 Å². The number of aryl methyl sites for hydroxylation is 2. The molecule has 2 aliphatic rings. The molecule has 24 heavy (non-hydrogen) atoms. The van der Waals surface area contributed by atoms with E-state index in [9.17, 15) is 0 Å². The molecule has 0 spiro atoms. The molecule has 0 bridgehead atoms. The standard InChI is InChI=1S/C18H24N2O3S/c1-12-5-6-15(23-12)8-20-9-17(18-16(20)4-3-7-21-18)22-10-14-11-24-13(2)19-14/h5-6,11,16-18H,3-4,7-10H2,1-2H3/t16-,17-,18+/m1/s1. The highest BCUT2D eigenvalue weighted by Gasteiger charge is 2.44. The van der Waals surface area contributed by atoms with E-state index in [2.05, 4.69) is 21.3 Å². The third-order valence-electron chi connectivity index (χ3n) is 4.85. The first-order valence-electron chi connectivity index (χ1n) is 8.62. The molecule has 0 N–H and O–H groups in total. The van der Waals surface area contributed by atoms with E-state index in [0.717, 1.165) is 48.3 Å². The van der Waals surface area contributed by atoms with Gasteiger partial charge in [-0.15, -0.1) is 11.3 Å². The largest absolute Gasteiger partial charge is 0.465 e. The maximum atomic E-state index is 6.19. The van der Waals surface area contributed by atoms with E-state index < -0.39 is 0 Å². The predicted octanol–water partition coefficient (Wildman–Crippen LogP) is 3.30. The monoisotopic (exact) mass is 348 g/mol. The maximum absolute atomic E-state index is 6.19. The van der Waals surface area contributed by atoms with Crippen LogP contribution in [-0.4, -0.2) is 41.3 Å². The van der Waals surface area contributed by atoms with Gasteiger partial charge in [0.25, 0.3) is 0 Å². The highest BCUT2D eigenvalue weighted by molar-refractivity contribution is 7.09. The van der Waals surface area contributed by atoms with Crippen LogP contribution in [0.2, 0.25) is 0 Å². The van der Waals surface area contributed by atoms with E-state index in [0.29, 0.717) is 12.6 Å². The minimum Gasteiger partial charge on any atom is -0.465 e. The van der Waals surface area contributed by atoms with Gasteiger partial charge in [-0.1, -0.05) is 0 Å². The third kappa shape index (κ3) is 3.42. The van der Waals surface area contributed by atoms with Gasteiger partial charge in [-0.05, 0) is 38.8 Å². The molecule has 2 fully saturated rings. The highest BCUT2D eigenvalue weighted by Crippen LogP contribution is 2.32. The summed E-state index contributed by atoms with van der Waals surface area (Å²) in [7, 11) is 0. The zero-order valence-electron chi connectivity index (χ0n) is 14.2. The second-order valence-electron chi connectivity index (χ2n) is 6.69. The number of ether oxygens (including phenoxy) is 2. The number of thiazole rings is 1. The molecule has 0 saturated carbocycles. The Morgan fingerprint density at radius 1 is 1.38 bits per heavy atom. The number of fused-ring (bicyclic) bond motifs is 1. The summed E-state index contributed by atoms with van der Waals surface area (Å²) in [5.74, 6) is 1.99. The molecule has 4 rings (SSSR count). The van der Waals surface area contributed by atoms with Gasteiger partial charge in [0.2, 0.25) is 0 Å². The molecule has 3 atom stereocenters. The molecule has 5 nitrogen and oxygen atoms in total. The lowest BCUT2D eigenvalue weighted by molar-refractivity contribution is -0.0824. The van der Waals surface area contributed by atoms with Crippen molar-refractivity contribution in [1.29, 1.82) is 0 Å². The normalized spacial score (nSPS) is 27.5. The van der Waals surface area contributed by atoms with Gasteiger partial charge in [0.05, 0.1) is 30.0 Å². The Morgan fingerprint density at radius 3 is 3.04 bits per heavy atom. The van der Waals surface area contributed by atoms with Crippen molar-refractivity contribution < 1.29 is 13.9 Å². The van der Waals surface area contributed by atoms with Crippen LogP contribution in [0.5, 0.6) is 0 Å². The maximum Gasteiger partial charge on any atom is 0.118 e. The fourth-order valence-corrected chi connectivity index (χ4v) is 4.37. The molecule has 4 heterocycles. The summed E-state index contributed by atoms with van der Waals surface area (Å²) in [6, 6.07) is 4.52. The van der Waals surface area contributed by atoms with Gasteiger partial charge in [0.15, 0.2) is 0 Å². The minimum absolute atomic E-state index is 0.105. The summed E-state index contributed by atoms with van der Waals surface area (Å²) in [5, 5.41) is 3.16. The molecule has 6 heteroatoms. The number of furan rings is 1. The zero-order chi connectivity index (χ0) is 16.5. The Hall–Kier alpha value is -1.21. The molecule has 0 radical (unpaired) electrons. The second kappa shape index (κ2) is 6.96. The van der Waals surface area contributed by atoms with Gasteiger partial charge in [-0.25, -0.2) is 4.98 Å². The lowest BCUT2D eigenvalue weighted by Crippen LogP contribution is -2.41. The van der Waals surface area contributed by atoms with Crippen LogP contribution in [0.25, 0.3) is 0 Å². The van der Waals surface area contributed by atoms with E-state index in [1.807, 2.05) is 19.9 Å². The van der Waals surface area contributed by atoms with E-state index >= 15 is 0 Å². The lowest BCUT2D eigenvalue weighted by Gasteiger charge is -2.31. The second-order valence-corrected chi connectivity index (χ2v) is 7.76. The van der Waals surface area contributed by atoms with Crippen LogP contribution in [0.4, 0.5) is 0 Å². The Balaban J connectivity index is 1.42. The van der Waals surface area contributed by atoms with Crippen molar-refractivity contribution in [1.82, 2.24) is 9.88 Å². The first-order valence-corrected chi connectivity index (χ1v) is 9.50. The number of nitrogens with zero attached hydrogens (tertiary/aromatic N) is 2. The summed E-state index contributed by atoms with van der Waals surface area (Å²) >= 11 is 1.67. The number of aromatic nitrogens is 1. The zero-order valence-corrected chi connectivity index (χ0v) is 15.1. The van der Waals surface area contributed by atoms with E-state index in [-0.39, 0.29) is 12.2 Å². The van der Waals surface area contributed by atoms with Crippen LogP contribution in [0.1, 0.15) is 35.1 Å². The van der Waals surface area contributed by atoms with Crippen molar-refractivity contribution in [2.24, 2.45) is 0 Å². The number of likely N-dealkylation sites (tertiary alicyclic amines) is 1. The summed E-state index contributed by atoms with van der Waals surface area (Å²) in [6.45, 7) is 7.13. The van der Waals surface area contributed by atoms with Crippen molar-refractivity contribution in [3.05, 3.63) is 39.7 Å². The molecule has 0 unspecified atom stereocenters. The summed E-state index contributed by atoms with van der Waals surface area (Å²) in [4.78, 5) is 6.95. The molecular weight excluding hydrogens is 324 g/mol. The van der Waals surface area contributed by atoms with Gasteiger partial charge in [-0.3, -0.25) is 4.90 Å². The minimum atomic E-state index is 0.105. The summed E-state index contributed by atoms with van der Waals surface area (Å²) in [5.41, 5.74) is 1.02. The molecule has 0 aromatic carbocycles. The van der Waals surface area contributed by atoms with E-state index in [1.54, 1.807) is 11.3 Å².